The van der Waals surface area contributed by atoms with Crippen molar-refractivity contribution in [2.75, 3.05) is 25.1 Å². The summed E-state index contributed by atoms with van der Waals surface area (Å²) in [6.45, 7) is 10.3. The van der Waals surface area contributed by atoms with Gasteiger partial charge >= 0.3 is 0 Å². The van der Waals surface area contributed by atoms with Crippen molar-refractivity contribution in [2.24, 2.45) is 10.4 Å². The van der Waals surface area contributed by atoms with Crippen molar-refractivity contribution in [1.29, 1.82) is 0 Å². The zero-order valence-corrected chi connectivity index (χ0v) is 19.1. The maximum absolute atomic E-state index is 11.3. The highest BCUT2D eigenvalue weighted by molar-refractivity contribution is 14.0. The normalized spacial score (nSPS) is 12.4. The van der Waals surface area contributed by atoms with Crippen LogP contribution in [0.5, 0.6) is 0 Å². The lowest BCUT2D eigenvalue weighted by molar-refractivity contribution is 0.348. The van der Waals surface area contributed by atoms with Crippen LogP contribution in [0.3, 0.4) is 0 Å². The van der Waals surface area contributed by atoms with Gasteiger partial charge in [0.15, 0.2) is 5.96 Å². The number of aliphatic imine (C=N–C) groups is 1. The number of hydrogen-bond donors (Lipinski definition) is 2. The SMILES string of the molecule is CCNC(=NCc1cccc(C)c1)NCC(C)(C)CCS(C)(=O)=O.I. The van der Waals surface area contributed by atoms with Gasteiger partial charge in [-0.25, -0.2) is 13.4 Å². The summed E-state index contributed by atoms with van der Waals surface area (Å²) < 4.78 is 22.7. The zero-order chi connectivity index (χ0) is 18.2. The van der Waals surface area contributed by atoms with Gasteiger partial charge in [0.25, 0.3) is 0 Å². The molecule has 1 aromatic carbocycles. The molecule has 0 saturated carbocycles. The summed E-state index contributed by atoms with van der Waals surface area (Å²) in [5.74, 6) is 0.963. The Morgan fingerprint density at radius 3 is 2.48 bits per heavy atom. The summed E-state index contributed by atoms with van der Waals surface area (Å²) in [5.41, 5.74) is 2.27. The highest BCUT2D eigenvalue weighted by Gasteiger charge is 2.20. The molecule has 0 heterocycles. The fourth-order valence-electron chi connectivity index (χ4n) is 2.20. The summed E-state index contributed by atoms with van der Waals surface area (Å²) in [5, 5.41) is 6.56. The van der Waals surface area contributed by atoms with Crippen LogP contribution in [0.4, 0.5) is 0 Å². The van der Waals surface area contributed by atoms with E-state index in [2.05, 4.69) is 54.6 Å². The van der Waals surface area contributed by atoms with Crippen LogP contribution in [0, 0.1) is 12.3 Å². The molecule has 0 unspecified atom stereocenters. The van der Waals surface area contributed by atoms with E-state index in [-0.39, 0.29) is 35.1 Å². The number of sulfone groups is 1. The first kappa shape index (κ1) is 24.2. The van der Waals surface area contributed by atoms with Crippen molar-refractivity contribution in [3.8, 4) is 0 Å². The molecule has 1 rings (SSSR count). The second-order valence-electron chi connectivity index (χ2n) is 7.08. The largest absolute Gasteiger partial charge is 0.357 e. The minimum absolute atomic E-state index is 0. The Kier molecular flexibility index (Phi) is 10.6. The molecule has 0 aliphatic heterocycles. The second-order valence-corrected chi connectivity index (χ2v) is 9.34. The first-order valence-electron chi connectivity index (χ1n) is 8.37. The molecule has 5 nitrogen and oxygen atoms in total. The highest BCUT2D eigenvalue weighted by atomic mass is 127. The topological polar surface area (TPSA) is 70.6 Å². The molecule has 0 amide bonds. The average molecular weight is 481 g/mol. The van der Waals surface area contributed by atoms with Crippen molar-refractivity contribution >= 4 is 39.8 Å². The van der Waals surface area contributed by atoms with Gasteiger partial charge < -0.3 is 10.6 Å². The van der Waals surface area contributed by atoms with Crippen LogP contribution < -0.4 is 10.6 Å². The molecular formula is C18H32IN3O2S. The quantitative estimate of drug-likeness (QED) is 0.340. The fraction of sp³-hybridized carbons (Fsp3) is 0.611. The maximum Gasteiger partial charge on any atom is 0.191 e. The van der Waals surface area contributed by atoms with E-state index in [1.54, 1.807) is 0 Å². The van der Waals surface area contributed by atoms with Gasteiger partial charge in [-0.2, -0.15) is 0 Å². The lowest BCUT2D eigenvalue weighted by Gasteiger charge is -2.25. The Labute approximate surface area is 170 Å². The Morgan fingerprint density at radius 1 is 1.24 bits per heavy atom. The molecule has 0 aliphatic carbocycles. The van der Waals surface area contributed by atoms with Crippen LogP contribution in [0.15, 0.2) is 29.3 Å². The predicted molar refractivity (Wildman–Crippen MR) is 118 cm³/mol. The third-order valence-corrected chi connectivity index (χ3v) is 4.68. The molecule has 1 aromatic rings. The van der Waals surface area contributed by atoms with E-state index in [1.807, 2.05) is 13.0 Å². The van der Waals surface area contributed by atoms with Crippen molar-refractivity contribution in [1.82, 2.24) is 10.6 Å². The molecule has 0 saturated heterocycles. The number of halogens is 1. The second kappa shape index (κ2) is 11.0. The molecular weight excluding hydrogens is 449 g/mol. The molecule has 0 atom stereocenters. The molecule has 25 heavy (non-hydrogen) atoms. The van der Waals surface area contributed by atoms with E-state index in [0.717, 1.165) is 12.5 Å². The first-order valence-corrected chi connectivity index (χ1v) is 10.4. The highest BCUT2D eigenvalue weighted by Crippen LogP contribution is 2.19. The third kappa shape index (κ3) is 11.4. The summed E-state index contributed by atoms with van der Waals surface area (Å²) in [4.78, 5) is 4.61. The molecule has 0 fully saturated rings. The van der Waals surface area contributed by atoms with E-state index >= 15 is 0 Å². The number of aryl methyl sites for hydroxylation is 1. The van der Waals surface area contributed by atoms with Crippen molar-refractivity contribution in [3.05, 3.63) is 35.4 Å². The van der Waals surface area contributed by atoms with Crippen LogP contribution in [-0.2, 0) is 16.4 Å². The summed E-state index contributed by atoms with van der Waals surface area (Å²) in [6, 6.07) is 8.30. The Hall–Kier alpha value is -0.830. The van der Waals surface area contributed by atoms with E-state index in [0.29, 0.717) is 19.5 Å². The van der Waals surface area contributed by atoms with Crippen molar-refractivity contribution in [3.63, 3.8) is 0 Å². The van der Waals surface area contributed by atoms with E-state index in [1.165, 1.54) is 17.4 Å². The lowest BCUT2D eigenvalue weighted by atomic mass is 9.90. The molecule has 0 spiro atoms. The van der Waals surface area contributed by atoms with Crippen LogP contribution in [-0.4, -0.2) is 39.5 Å². The molecule has 0 aliphatic rings. The average Bonchev–Trinajstić information content (AvgIpc) is 2.48. The van der Waals surface area contributed by atoms with Crippen LogP contribution in [0.1, 0.15) is 38.3 Å². The summed E-state index contributed by atoms with van der Waals surface area (Å²) >= 11 is 0. The number of rotatable bonds is 8. The van der Waals surface area contributed by atoms with Gasteiger partial charge in [0, 0.05) is 19.3 Å². The van der Waals surface area contributed by atoms with Gasteiger partial charge in [0.1, 0.15) is 9.84 Å². The van der Waals surface area contributed by atoms with Crippen LogP contribution >= 0.6 is 24.0 Å². The van der Waals surface area contributed by atoms with Crippen LogP contribution in [0.25, 0.3) is 0 Å². The first-order chi connectivity index (χ1) is 11.1. The number of nitrogens with zero attached hydrogens (tertiary/aromatic N) is 1. The number of hydrogen-bond acceptors (Lipinski definition) is 3. The number of nitrogens with one attached hydrogen (secondary N) is 2. The Bertz CT molecular complexity index is 658. The lowest BCUT2D eigenvalue weighted by Crippen LogP contribution is -2.42. The van der Waals surface area contributed by atoms with Crippen LogP contribution in [0.2, 0.25) is 0 Å². The van der Waals surface area contributed by atoms with Gasteiger partial charge in [-0.3, -0.25) is 0 Å². The maximum atomic E-state index is 11.3. The van der Waals surface area contributed by atoms with Gasteiger partial charge in [-0.05, 0) is 31.2 Å². The predicted octanol–water partition coefficient (Wildman–Crippen LogP) is 3.13. The van der Waals surface area contributed by atoms with Crippen molar-refractivity contribution in [2.45, 2.75) is 40.7 Å². The zero-order valence-electron chi connectivity index (χ0n) is 15.9. The molecule has 0 aromatic heterocycles. The Morgan fingerprint density at radius 2 is 1.92 bits per heavy atom. The van der Waals surface area contributed by atoms with Crippen molar-refractivity contribution < 1.29 is 8.42 Å². The van der Waals surface area contributed by atoms with Gasteiger partial charge in [-0.1, -0.05) is 43.7 Å². The van der Waals surface area contributed by atoms with E-state index in [4.69, 9.17) is 0 Å². The molecule has 144 valence electrons. The standard InChI is InChI=1S/C18H31N3O2S.HI/c1-6-19-17(20-13-16-9-7-8-15(2)12-16)21-14-18(3,4)10-11-24(5,22)23;/h7-9,12H,6,10-11,13-14H2,1-5H3,(H2,19,20,21);1H. The smallest absolute Gasteiger partial charge is 0.191 e. The third-order valence-electron chi connectivity index (χ3n) is 3.73. The van der Waals surface area contributed by atoms with Gasteiger partial charge in [0.2, 0.25) is 0 Å². The minimum Gasteiger partial charge on any atom is -0.357 e. The number of benzene rings is 1. The van der Waals surface area contributed by atoms with E-state index < -0.39 is 9.84 Å². The van der Waals surface area contributed by atoms with E-state index in [9.17, 15) is 8.42 Å². The minimum atomic E-state index is -2.93. The molecule has 2 N–H and O–H groups in total. The van der Waals surface area contributed by atoms with Gasteiger partial charge in [-0.15, -0.1) is 24.0 Å². The summed E-state index contributed by atoms with van der Waals surface area (Å²) in [7, 11) is -2.93. The molecule has 0 radical (unpaired) electrons. The monoisotopic (exact) mass is 481 g/mol. The summed E-state index contributed by atoms with van der Waals surface area (Å²) in [6.07, 6.45) is 1.90. The Balaban J connectivity index is 0.00000576. The molecule has 7 heteroatoms. The number of guanidine groups is 1. The molecule has 0 bridgehead atoms. The van der Waals surface area contributed by atoms with Gasteiger partial charge in [0.05, 0.1) is 12.3 Å². The fourth-order valence-corrected chi connectivity index (χ4v) is 3.12.